The number of benzene rings is 1. The van der Waals surface area contributed by atoms with E-state index in [4.69, 9.17) is 0 Å². The molecule has 9 nitrogen and oxygen atoms in total. The summed E-state index contributed by atoms with van der Waals surface area (Å²) >= 11 is 0. The summed E-state index contributed by atoms with van der Waals surface area (Å²) in [6, 6.07) is 12.4. The number of likely N-dealkylation sites (tertiary alicyclic amines) is 2. The molecule has 0 radical (unpaired) electrons. The van der Waals surface area contributed by atoms with Crippen molar-refractivity contribution < 1.29 is 19.2 Å². The van der Waals surface area contributed by atoms with Gasteiger partial charge in [-0.25, -0.2) is 4.98 Å². The van der Waals surface area contributed by atoms with E-state index in [1.54, 1.807) is 34.2 Å². The summed E-state index contributed by atoms with van der Waals surface area (Å²) in [4.78, 5) is 64.5. The molecule has 2 aliphatic rings. The number of nitrogens with one attached hydrogen (secondary N) is 1. The molecule has 37 heavy (non-hydrogen) atoms. The number of amides is 3. The predicted octanol–water partition coefficient (Wildman–Crippen LogP) is 2.47. The number of ketones is 1. The monoisotopic (exact) mass is 499 g/mol. The molecule has 1 aromatic carbocycles. The number of carbonyl (C=O) groups excluding carboxylic acids is 4. The van der Waals surface area contributed by atoms with Crippen LogP contribution in [0.1, 0.15) is 47.5 Å². The largest absolute Gasteiger partial charge is 0.339 e. The molecule has 0 spiro atoms. The van der Waals surface area contributed by atoms with E-state index in [0.29, 0.717) is 30.5 Å². The average molecular weight is 500 g/mol. The Bertz CT molecular complexity index is 1360. The van der Waals surface area contributed by atoms with Crippen molar-refractivity contribution in [2.24, 2.45) is 5.92 Å². The van der Waals surface area contributed by atoms with Gasteiger partial charge in [0.05, 0.1) is 23.7 Å². The first-order valence-corrected chi connectivity index (χ1v) is 12.5. The van der Waals surface area contributed by atoms with Gasteiger partial charge in [0, 0.05) is 24.3 Å². The van der Waals surface area contributed by atoms with Crippen molar-refractivity contribution in [2.45, 2.75) is 44.8 Å². The highest BCUT2D eigenvalue weighted by atomic mass is 16.2. The van der Waals surface area contributed by atoms with Crippen LogP contribution in [0, 0.1) is 5.92 Å². The fraction of sp³-hybridized carbons (Fsp3) is 0.357. The zero-order valence-corrected chi connectivity index (χ0v) is 20.8. The third-order valence-corrected chi connectivity index (χ3v) is 7.02. The molecule has 0 aliphatic carbocycles. The van der Waals surface area contributed by atoms with Crippen LogP contribution in [0.4, 0.5) is 0 Å². The lowest BCUT2D eigenvalue weighted by molar-refractivity contribution is -0.138. The van der Waals surface area contributed by atoms with E-state index < -0.39 is 18.0 Å². The third kappa shape index (κ3) is 4.81. The fourth-order valence-electron chi connectivity index (χ4n) is 5.31. The SMILES string of the molecule is CC(C)C[C@H](NC(=O)c1ccc2ccccc2n1)C(=O)N1CC[C@@H]2[C@H]1C(=O)CN2C(=O)c1cccnc1. The summed E-state index contributed by atoms with van der Waals surface area (Å²) in [5, 5.41) is 3.79. The third-order valence-electron chi connectivity index (χ3n) is 7.02. The number of fused-ring (bicyclic) bond motifs is 2. The van der Waals surface area contributed by atoms with Crippen LogP contribution >= 0.6 is 0 Å². The van der Waals surface area contributed by atoms with Crippen molar-refractivity contribution in [1.82, 2.24) is 25.1 Å². The number of aromatic nitrogens is 2. The summed E-state index contributed by atoms with van der Waals surface area (Å²) in [5.41, 5.74) is 1.33. The van der Waals surface area contributed by atoms with Gasteiger partial charge in [-0.05, 0) is 43.0 Å². The standard InChI is InChI=1S/C28H29N5O4/c1-17(2)14-22(31-26(35)21-10-9-18-6-3-4-8-20(18)30-21)28(37)32-13-11-23-25(32)24(34)16-33(23)27(36)19-7-5-12-29-15-19/h3-10,12,15,17,22-23,25H,11,13-14,16H2,1-2H3,(H,31,35)/t22-,23+,25-/m0/s1. The van der Waals surface area contributed by atoms with Gasteiger partial charge in [0.25, 0.3) is 11.8 Å². The zero-order valence-electron chi connectivity index (χ0n) is 20.8. The highest BCUT2D eigenvalue weighted by Gasteiger charge is 2.52. The fourth-order valence-corrected chi connectivity index (χ4v) is 5.31. The summed E-state index contributed by atoms with van der Waals surface area (Å²) in [6.07, 6.45) is 3.98. The van der Waals surface area contributed by atoms with Crippen molar-refractivity contribution in [3.05, 3.63) is 72.2 Å². The van der Waals surface area contributed by atoms with E-state index in [1.807, 2.05) is 44.2 Å². The lowest BCUT2D eigenvalue weighted by Gasteiger charge is -2.29. The van der Waals surface area contributed by atoms with Crippen molar-refractivity contribution >= 4 is 34.4 Å². The summed E-state index contributed by atoms with van der Waals surface area (Å²) < 4.78 is 0. The lowest BCUT2D eigenvalue weighted by Crippen LogP contribution is -2.53. The van der Waals surface area contributed by atoms with Gasteiger partial charge in [-0.2, -0.15) is 0 Å². The zero-order chi connectivity index (χ0) is 26.1. The van der Waals surface area contributed by atoms with Crippen molar-refractivity contribution in [1.29, 1.82) is 0 Å². The molecule has 0 unspecified atom stereocenters. The molecule has 4 heterocycles. The second kappa shape index (κ2) is 10.1. The van der Waals surface area contributed by atoms with Gasteiger partial charge in [-0.15, -0.1) is 0 Å². The van der Waals surface area contributed by atoms with E-state index in [2.05, 4.69) is 15.3 Å². The molecule has 1 N–H and O–H groups in total. The number of hydrogen-bond acceptors (Lipinski definition) is 6. The topological polar surface area (TPSA) is 113 Å². The molecule has 3 atom stereocenters. The van der Waals surface area contributed by atoms with Crippen molar-refractivity contribution in [2.75, 3.05) is 13.1 Å². The summed E-state index contributed by atoms with van der Waals surface area (Å²) in [5.74, 6) is -1.05. The number of para-hydroxylation sites is 1. The number of rotatable bonds is 6. The first-order valence-electron chi connectivity index (χ1n) is 12.5. The Labute approximate surface area is 214 Å². The molecule has 3 amide bonds. The van der Waals surface area contributed by atoms with Gasteiger partial charge in [-0.1, -0.05) is 38.1 Å². The minimum atomic E-state index is -0.810. The maximum atomic E-state index is 13.7. The Kier molecular flexibility index (Phi) is 6.69. The lowest BCUT2D eigenvalue weighted by atomic mass is 10.0. The highest BCUT2D eigenvalue weighted by molar-refractivity contribution is 6.03. The molecule has 5 rings (SSSR count). The van der Waals surface area contributed by atoms with Crippen LogP contribution in [-0.2, 0) is 9.59 Å². The molecule has 2 aliphatic heterocycles. The van der Waals surface area contributed by atoms with E-state index >= 15 is 0 Å². The summed E-state index contributed by atoms with van der Waals surface area (Å²) in [7, 11) is 0. The number of carbonyl (C=O) groups is 4. The quantitative estimate of drug-likeness (QED) is 0.558. The maximum Gasteiger partial charge on any atom is 0.270 e. The first kappa shape index (κ1) is 24.5. The second-order valence-corrected chi connectivity index (χ2v) is 10.0. The molecule has 0 bridgehead atoms. The van der Waals surface area contributed by atoms with Crippen LogP contribution in [-0.4, -0.2) is 74.5 Å². The number of nitrogens with zero attached hydrogens (tertiary/aromatic N) is 4. The highest BCUT2D eigenvalue weighted by Crippen LogP contribution is 2.31. The second-order valence-electron chi connectivity index (χ2n) is 10.0. The maximum absolute atomic E-state index is 13.7. The van der Waals surface area contributed by atoms with Crippen molar-refractivity contribution in [3.8, 4) is 0 Å². The summed E-state index contributed by atoms with van der Waals surface area (Å²) in [6.45, 7) is 4.25. The van der Waals surface area contributed by atoms with Gasteiger partial charge >= 0.3 is 0 Å². The average Bonchev–Trinajstić information content (AvgIpc) is 3.48. The minimum Gasteiger partial charge on any atom is -0.339 e. The van der Waals surface area contributed by atoms with Gasteiger partial charge in [-0.3, -0.25) is 24.2 Å². The molecule has 2 aromatic heterocycles. The van der Waals surface area contributed by atoms with Gasteiger partial charge in [0.2, 0.25) is 5.91 Å². The van der Waals surface area contributed by atoms with Crippen molar-refractivity contribution in [3.63, 3.8) is 0 Å². The van der Waals surface area contributed by atoms with Crippen LogP contribution in [0.3, 0.4) is 0 Å². The number of Topliss-reactive ketones (excluding diaryl/α,β-unsaturated/α-hetero) is 1. The molecule has 2 fully saturated rings. The van der Waals surface area contributed by atoms with Crippen LogP contribution < -0.4 is 5.32 Å². The number of pyridine rings is 2. The van der Waals surface area contributed by atoms with Crippen LogP contribution in [0.25, 0.3) is 10.9 Å². The first-order chi connectivity index (χ1) is 17.8. The van der Waals surface area contributed by atoms with Crippen LogP contribution in [0.15, 0.2) is 60.9 Å². The predicted molar refractivity (Wildman–Crippen MR) is 137 cm³/mol. The van der Waals surface area contributed by atoms with Gasteiger partial charge < -0.3 is 15.1 Å². The van der Waals surface area contributed by atoms with Gasteiger partial charge in [0.1, 0.15) is 17.8 Å². The Hall–Kier alpha value is -4.14. The van der Waals surface area contributed by atoms with Crippen LogP contribution in [0.5, 0.6) is 0 Å². The van der Waals surface area contributed by atoms with Gasteiger partial charge in [0.15, 0.2) is 5.78 Å². The molecular weight excluding hydrogens is 470 g/mol. The molecule has 3 aromatic rings. The molecule has 9 heteroatoms. The Morgan fingerprint density at radius 1 is 1.05 bits per heavy atom. The normalized spacial score (nSPS) is 19.8. The van der Waals surface area contributed by atoms with E-state index in [-0.39, 0.29) is 41.8 Å². The van der Waals surface area contributed by atoms with Crippen LogP contribution in [0.2, 0.25) is 0 Å². The molecule has 190 valence electrons. The molecular formula is C28H29N5O4. The molecule has 0 saturated carbocycles. The number of hydrogen-bond donors (Lipinski definition) is 1. The minimum absolute atomic E-state index is 0.0466. The van der Waals surface area contributed by atoms with E-state index in [1.165, 1.54) is 6.20 Å². The smallest absolute Gasteiger partial charge is 0.270 e. The Morgan fingerprint density at radius 3 is 2.62 bits per heavy atom. The Balaban J connectivity index is 1.34. The molecule has 2 saturated heterocycles. The van der Waals surface area contributed by atoms with E-state index in [9.17, 15) is 19.2 Å². The van der Waals surface area contributed by atoms with E-state index in [0.717, 1.165) is 5.39 Å². The Morgan fingerprint density at radius 2 is 1.86 bits per heavy atom.